The third kappa shape index (κ3) is 4.40. The zero-order chi connectivity index (χ0) is 17.6. The van der Waals surface area contributed by atoms with E-state index in [1.807, 2.05) is 30.0 Å². The molecule has 1 saturated heterocycles. The Labute approximate surface area is 150 Å². The second-order valence-electron chi connectivity index (χ2n) is 6.64. The van der Waals surface area contributed by atoms with Crippen molar-refractivity contribution in [1.29, 1.82) is 0 Å². The van der Waals surface area contributed by atoms with Gasteiger partial charge in [-0.3, -0.25) is 4.90 Å². The minimum absolute atomic E-state index is 0.0170. The molecule has 3 rings (SSSR count). The smallest absolute Gasteiger partial charge is 0.321 e. The van der Waals surface area contributed by atoms with E-state index >= 15 is 0 Å². The summed E-state index contributed by atoms with van der Waals surface area (Å²) in [6, 6.07) is 16.7. The number of amides is 2. The minimum atomic E-state index is 0.0170. The van der Waals surface area contributed by atoms with E-state index in [4.69, 9.17) is 0 Å². The van der Waals surface area contributed by atoms with Gasteiger partial charge in [0.1, 0.15) is 0 Å². The Kier molecular flexibility index (Phi) is 5.71. The average Bonchev–Trinajstić information content (AvgIpc) is 2.64. The Morgan fingerprint density at radius 1 is 1.00 bits per heavy atom. The lowest BCUT2D eigenvalue weighted by Crippen LogP contribution is -2.49. The van der Waals surface area contributed by atoms with Gasteiger partial charge in [0.25, 0.3) is 0 Å². The number of rotatable bonds is 4. The van der Waals surface area contributed by atoms with Gasteiger partial charge in [-0.2, -0.15) is 0 Å². The number of anilines is 1. The van der Waals surface area contributed by atoms with Crippen molar-refractivity contribution in [2.75, 3.05) is 31.5 Å². The van der Waals surface area contributed by atoms with Gasteiger partial charge in [0.05, 0.1) is 0 Å². The van der Waals surface area contributed by atoms with Crippen LogP contribution in [0, 0.1) is 6.92 Å². The van der Waals surface area contributed by atoms with Gasteiger partial charge < -0.3 is 10.2 Å². The van der Waals surface area contributed by atoms with E-state index in [2.05, 4.69) is 47.5 Å². The summed E-state index contributed by atoms with van der Waals surface area (Å²) < 4.78 is 0. The maximum absolute atomic E-state index is 12.6. The number of hydrogen-bond donors (Lipinski definition) is 1. The third-order valence-corrected chi connectivity index (χ3v) is 4.88. The number of para-hydroxylation sites is 1. The third-order valence-electron chi connectivity index (χ3n) is 4.88. The molecule has 1 N–H and O–H groups in total. The first-order valence-electron chi connectivity index (χ1n) is 9.08. The van der Waals surface area contributed by atoms with E-state index in [9.17, 15) is 4.79 Å². The quantitative estimate of drug-likeness (QED) is 0.918. The number of nitrogens with zero attached hydrogens (tertiary/aromatic N) is 2. The summed E-state index contributed by atoms with van der Waals surface area (Å²) in [5.41, 5.74) is 4.61. The van der Waals surface area contributed by atoms with E-state index in [0.29, 0.717) is 0 Å². The fourth-order valence-electron chi connectivity index (χ4n) is 3.34. The van der Waals surface area contributed by atoms with E-state index in [-0.39, 0.29) is 6.03 Å². The normalized spacial score (nSPS) is 15.2. The van der Waals surface area contributed by atoms with Crippen LogP contribution in [0.15, 0.2) is 48.5 Å². The van der Waals surface area contributed by atoms with Crippen molar-refractivity contribution in [3.8, 4) is 0 Å². The number of carbonyl (C=O) groups excluding carboxylic acids is 1. The molecule has 1 fully saturated rings. The van der Waals surface area contributed by atoms with Crippen molar-refractivity contribution in [2.24, 2.45) is 0 Å². The fraction of sp³-hybridized carbons (Fsp3) is 0.381. The molecule has 0 spiro atoms. The number of carbonyl (C=O) groups is 1. The molecule has 2 aromatic carbocycles. The standard InChI is InChI=1S/C21H27N3O/c1-3-19-11-7-8-17(2)20(19)22-21(25)24-14-12-23(13-15-24)16-18-9-5-4-6-10-18/h4-11H,3,12-16H2,1-2H3,(H,22,25). The molecule has 25 heavy (non-hydrogen) atoms. The number of hydrogen-bond acceptors (Lipinski definition) is 2. The van der Waals surface area contributed by atoms with E-state index in [1.165, 1.54) is 11.1 Å². The Hall–Kier alpha value is -2.33. The summed E-state index contributed by atoms with van der Waals surface area (Å²) >= 11 is 0. The Morgan fingerprint density at radius 3 is 2.40 bits per heavy atom. The molecule has 4 heteroatoms. The molecule has 1 aliphatic heterocycles. The lowest BCUT2D eigenvalue weighted by Gasteiger charge is -2.35. The van der Waals surface area contributed by atoms with Crippen molar-refractivity contribution in [3.05, 3.63) is 65.2 Å². The summed E-state index contributed by atoms with van der Waals surface area (Å²) in [7, 11) is 0. The van der Waals surface area contributed by atoms with Crippen LogP contribution in [-0.2, 0) is 13.0 Å². The van der Waals surface area contributed by atoms with Crippen LogP contribution >= 0.6 is 0 Å². The number of nitrogens with one attached hydrogen (secondary N) is 1. The second-order valence-corrected chi connectivity index (χ2v) is 6.64. The SMILES string of the molecule is CCc1cccc(C)c1NC(=O)N1CCN(Cc2ccccc2)CC1. The molecular formula is C21H27N3O. The number of piperazine rings is 1. The highest BCUT2D eigenvalue weighted by Gasteiger charge is 2.22. The molecule has 2 aromatic rings. The molecule has 0 radical (unpaired) electrons. The van der Waals surface area contributed by atoms with Crippen molar-refractivity contribution >= 4 is 11.7 Å². The first-order valence-corrected chi connectivity index (χ1v) is 9.08. The summed E-state index contributed by atoms with van der Waals surface area (Å²) in [5.74, 6) is 0. The highest BCUT2D eigenvalue weighted by molar-refractivity contribution is 5.91. The maximum Gasteiger partial charge on any atom is 0.321 e. The number of benzene rings is 2. The van der Waals surface area contributed by atoms with Crippen molar-refractivity contribution in [3.63, 3.8) is 0 Å². The van der Waals surface area contributed by atoms with Gasteiger partial charge in [-0.15, -0.1) is 0 Å². The monoisotopic (exact) mass is 337 g/mol. The predicted octanol–water partition coefficient (Wildman–Crippen LogP) is 3.91. The van der Waals surface area contributed by atoms with E-state index in [1.54, 1.807) is 0 Å². The van der Waals surface area contributed by atoms with Crippen LogP contribution in [0.1, 0.15) is 23.6 Å². The van der Waals surface area contributed by atoms with Crippen LogP contribution in [0.25, 0.3) is 0 Å². The molecule has 0 aromatic heterocycles. The molecule has 132 valence electrons. The van der Waals surface area contributed by atoms with Gasteiger partial charge in [0.2, 0.25) is 0 Å². The molecule has 0 bridgehead atoms. The zero-order valence-electron chi connectivity index (χ0n) is 15.2. The molecule has 0 aliphatic carbocycles. The molecule has 1 aliphatic rings. The molecule has 4 nitrogen and oxygen atoms in total. The van der Waals surface area contributed by atoms with Crippen LogP contribution < -0.4 is 5.32 Å². The van der Waals surface area contributed by atoms with Crippen LogP contribution in [0.4, 0.5) is 10.5 Å². The molecular weight excluding hydrogens is 310 g/mol. The number of urea groups is 1. The highest BCUT2D eigenvalue weighted by atomic mass is 16.2. The van der Waals surface area contributed by atoms with Gasteiger partial charge in [0, 0.05) is 38.4 Å². The lowest BCUT2D eigenvalue weighted by molar-refractivity contribution is 0.143. The van der Waals surface area contributed by atoms with E-state index < -0.39 is 0 Å². The van der Waals surface area contributed by atoms with Crippen LogP contribution in [0.5, 0.6) is 0 Å². The topological polar surface area (TPSA) is 35.6 Å². The first-order chi connectivity index (χ1) is 12.2. The summed E-state index contributed by atoms with van der Waals surface area (Å²) in [5, 5.41) is 3.13. The van der Waals surface area contributed by atoms with Gasteiger partial charge >= 0.3 is 6.03 Å². The predicted molar refractivity (Wildman–Crippen MR) is 103 cm³/mol. The minimum Gasteiger partial charge on any atom is -0.322 e. The summed E-state index contributed by atoms with van der Waals surface area (Å²) in [4.78, 5) is 17.0. The Balaban J connectivity index is 1.55. The molecule has 0 saturated carbocycles. The van der Waals surface area contributed by atoms with Crippen LogP contribution in [0.2, 0.25) is 0 Å². The molecule has 1 heterocycles. The highest BCUT2D eigenvalue weighted by Crippen LogP contribution is 2.21. The van der Waals surface area contributed by atoms with Gasteiger partial charge in [-0.25, -0.2) is 4.79 Å². The summed E-state index contributed by atoms with van der Waals surface area (Å²) in [6.45, 7) is 8.49. The number of aryl methyl sites for hydroxylation is 2. The van der Waals surface area contributed by atoms with E-state index in [0.717, 1.165) is 50.4 Å². The van der Waals surface area contributed by atoms with Crippen molar-refractivity contribution in [1.82, 2.24) is 9.80 Å². The first kappa shape index (κ1) is 17.5. The Bertz CT molecular complexity index is 706. The Morgan fingerprint density at radius 2 is 1.72 bits per heavy atom. The molecule has 2 amide bonds. The maximum atomic E-state index is 12.6. The zero-order valence-corrected chi connectivity index (χ0v) is 15.2. The van der Waals surface area contributed by atoms with Gasteiger partial charge in [-0.05, 0) is 30.0 Å². The largest absolute Gasteiger partial charge is 0.322 e. The lowest BCUT2D eigenvalue weighted by atomic mass is 10.1. The average molecular weight is 337 g/mol. The molecule has 0 atom stereocenters. The van der Waals surface area contributed by atoms with Gasteiger partial charge in [-0.1, -0.05) is 55.5 Å². The molecule has 0 unspecified atom stereocenters. The van der Waals surface area contributed by atoms with Crippen LogP contribution in [-0.4, -0.2) is 42.0 Å². The van der Waals surface area contributed by atoms with Crippen LogP contribution in [0.3, 0.4) is 0 Å². The fourth-order valence-corrected chi connectivity index (χ4v) is 3.34. The van der Waals surface area contributed by atoms with Gasteiger partial charge in [0.15, 0.2) is 0 Å². The van der Waals surface area contributed by atoms with Crippen molar-refractivity contribution < 1.29 is 4.79 Å². The summed E-state index contributed by atoms with van der Waals surface area (Å²) in [6.07, 6.45) is 0.919. The van der Waals surface area contributed by atoms with Crippen molar-refractivity contribution in [2.45, 2.75) is 26.8 Å². The second kappa shape index (κ2) is 8.17.